The number of carbonyl (C=O) groups excluding carboxylic acids is 2. The van der Waals surface area contributed by atoms with E-state index in [2.05, 4.69) is 13.8 Å². The number of Topliss-reactive ketones (excluding diaryl/α,β-unsaturated/α-hetero) is 1. The molecule has 0 aliphatic carbocycles. The van der Waals surface area contributed by atoms with Crippen LogP contribution in [0.1, 0.15) is 65.3 Å². The van der Waals surface area contributed by atoms with Gasteiger partial charge in [-0.2, -0.15) is 0 Å². The average molecular weight is 516 g/mol. The molecule has 1 aliphatic heterocycles. The third-order valence-corrected chi connectivity index (χ3v) is 6.76. The molecular formula is C30H26ClNO5. The maximum Gasteiger partial charge on any atom is 0.295 e. The summed E-state index contributed by atoms with van der Waals surface area (Å²) in [4.78, 5) is 40.9. The van der Waals surface area contributed by atoms with E-state index in [1.54, 1.807) is 42.5 Å². The first kappa shape index (κ1) is 24.8. The molecule has 188 valence electrons. The molecular weight excluding hydrogens is 490 g/mol. The molecule has 0 saturated carbocycles. The number of nitrogens with zero attached hydrogens (tertiary/aromatic N) is 1. The van der Waals surface area contributed by atoms with E-state index in [4.69, 9.17) is 20.8 Å². The van der Waals surface area contributed by atoms with E-state index in [1.165, 1.54) is 11.8 Å². The lowest BCUT2D eigenvalue weighted by Crippen LogP contribution is -2.29. The first-order chi connectivity index (χ1) is 17.7. The Morgan fingerprint density at radius 3 is 2.51 bits per heavy atom. The minimum Gasteiger partial charge on any atom is -0.494 e. The van der Waals surface area contributed by atoms with Gasteiger partial charge in [-0.1, -0.05) is 37.6 Å². The largest absolute Gasteiger partial charge is 0.494 e. The monoisotopic (exact) mass is 515 g/mol. The van der Waals surface area contributed by atoms with Crippen LogP contribution in [-0.4, -0.2) is 18.3 Å². The highest BCUT2D eigenvalue weighted by atomic mass is 35.5. The Hall–Kier alpha value is -3.90. The van der Waals surface area contributed by atoms with Crippen molar-refractivity contribution in [3.63, 3.8) is 0 Å². The van der Waals surface area contributed by atoms with Crippen LogP contribution >= 0.6 is 11.6 Å². The molecule has 4 aromatic rings. The molecule has 0 fully saturated rings. The third-order valence-electron chi connectivity index (χ3n) is 6.52. The number of fused-ring (bicyclic) bond motifs is 2. The van der Waals surface area contributed by atoms with E-state index in [0.29, 0.717) is 51.1 Å². The zero-order chi connectivity index (χ0) is 26.3. The van der Waals surface area contributed by atoms with Gasteiger partial charge < -0.3 is 9.15 Å². The topological polar surface area (TPSA) is 76.8 Å². The maximum absolute atomic E-state index is 13.8. The Morgan fingerprint density at radius 2 is 1.81 bits per heavy atom. The van der Waals surface area contributed by atoms with E-state index >= 15 is 0 Å². The average Bonchev–Trinajstić information content (AvgIpc) is 3.17. The molecule has 0 N–H and O–H groups in total. The Labute approximate surface area is 219 Å². The molecule has 0 bridgehead atoms. The highest BCUT2D eigenvalue weighted by Crippen LogP contribution is 2.42. The van der Waals surface area contributed by atoms with Gasteiger partial charge in [0.15, 0.2) is 11.2 Å². The van der Waals surface area contributed by atoms with Crippen LogP contribution in [0.3, 0.4) is 0 Å². The minimum atomic E-state index is -0.751. The van der Waals surface area contributed by atoms with Crippen LogP contribution in [0.2, 0.25) is 5.02 Å². The van der Waals surface area contributed by atoms with Gasteiger partial charge in [0.2, 0.25) is 5.76 Å². The predicted molar refractivity (Wildman–Crippen MR) is 144 cm³/mol. The van der Waals surface area contributed by atoms with Gasteiger partial charge in [-0.3, -0.25) is 19.3 Å². The smallest absolute Gasteiger partial charge is 0.295 e. The van der Waals surface area contributed by atoms with Crippen molar-refractivity contribution in [1.82, 2.24) is 0 Å². The number of ether oxygens (including phenoxy) is 1. The fourth-order valence-corrected chi connectivity index (χ4v) is 4.74. The predicted octanol–water partition coefficient (Wildman–Crippen LogP) is 6.82. The molecule has 5 rings (SSSR count). The first-order valence-electron chi connectivity index (χ1n) is 12.2. The van der Waals surface area contributed by atoms with Gasteiger partial charge in [0, 0.05) is 16.3 Å². The Balaban J connectivity index is 1.67. The van der Waals surface area contributed by atoms with Gasteiger partial charge in [0.05, 0.1) is 23.6 Å². The second kappa shape index (κ2) is 9.87. The maximum atomic E-state index is 13.8. The van der Waals surface area contributed by atoms with Crippen LogP contribution in [0, 0.1) is 5.92 Å². The fourth-order valence-electron chi connectivity index (χ4n) is 4.57. The van der Waals surface area contributed by atoms with Crippen LogP contribution in [0.25, 0.3) is 11.0 Å². The molecule has 0 saturated heterocycles. The first-order valence-corrected chi connectivity index (χ1v) is 12.6. The van der Waals surface area contributed by atoms with Gasteiger partial charge in [-0.05, 0) is 79.4 Å². The van der Waals surface area contributed by atoms with Crippen molar-refractivity contribution < 1.29 is 18.7 Å². The lowest BCUT2D eigenvalue weighted by Gasteiger charge is -2.25. The number of benzene rings is 3. The molecule has 3 aromatic carbocycles. The molecule has 37 heavy (non-hydrogen) atoms. The molecule has 6 nitrogen and oxygen atoms in total. The van der Waals surface area contributed by atoms with Crippen molar-refractivity contribution in [2.24, 2.45) is 5.92 Å². The number of amides is 1. The molecule has 2 heterocycles. The van der Waals surface area contributed by atoms with E-state index in [9.17, 15) is 14.4 Å². The summed E-state index contributed by atoms with van der Waals surface area (Å²) < 4.78 is 12.0. The van der Waals surface area contributed by atoms with Crippen LogP contribution < -0.4 is 15.1 Å². The number of hydrogen-bond acceptors (Lipinski definition) is 5. The van der Waals surface area contributed by atoms with E-state index in [1.807, 2.05) is 24.3 Å². The van der Waals surface area contributed by atoms with E-state index in [-0.39, 0.29) is 22.5 Å². The van der Waals surface area contributed by atoms with Crippen LogP contribution in [-0.2, 0) is 0 Å². The molecule has 1 amide bonds. The molecule has 1 aromatic heterocycles. The number of carbonyl (C=O) groups is 2. The second-order valence-electron chi connectivity index (χ2n) is 9.60. The van der Waals surface area contributed by atoms with Gasteiger partial charge in [-0.25, -0.2) is 0 Å². The Morgan fingerprint density at radius 1 is 1.05 bits per heavy atom. The molecule has 0 radical (unpaired) electrons. The van der Waals surface area contributed by atoms with Gasteiger partial charge >= 0.3 is 0 Å². The van der Waals surface area contributed by atoms with Gasteiger partial charge in [0.1, 0.15) is 11.3 Å². The summed E-state index contributed by atoms with van der Waals surface area (Å²) in [6.45, 7) is 6.31. The zero-order valence-electron chi connectivity index (χ0n) is 20.8. The Kier molecular flexibility index (Phi) is 6.61. The van der Waals surface area contributed by atoms with Gasteiger partial charge in [0.25, 0.3) is 5.91 Å². The summed E-state index contributed by atoms with van der Waals surface area (Å²) in [7, 11) is 0. The summed E-state index contributed by atoms with van der Waals surface area (Å²) in [5, 5.41) is 0.708. The molecule has 0 spiro atoms. The molecule has 1 unspecified atom stereocenters. The normalized spacial score (nSPS) is 14.9. The number of hydrogen-bond donors (Lipinski definition) is 0. The lowest BCUT2D eigenvalue weighted by molar-refractivity contribution is 0.0970. The van der Waals surface area contributed by atoms with Crippen molar-refractivity contribution in [1.29, 1.82) is 0 Å². The number of halogens is 1. The van der Waals surface area contributed by atoms with Crippen molar-refractivity contribution in [3.05, 3.63) is 104 Å². The SMILES string of the molecule is CC(=O)c1ccc(N2C(=O)c3oc4ccc(Cl)cc4c(=O)c3C2c2cccc(OCCC(C)C)c2)cc1. The highest BCUT2D eigenvalue weighted by Gasteiger charge is 2.43. The standard InChI is InChI=1S/C30H26ClNO5/c1-17(2)13-14-36-23-6-4-5-20(15-23)27-26-28(34)24-16-21(31)9-12-25(24)37-29(26)30(35)32(27)22-10-7-19(8-11-22)18(3)33/h4-12,15-17,27H,13-14H2,1-3H3. The van der Waals surface area contributed by atoms with Crippen LogP contribution in [0.5, 0.6) is 5.75 Å². The fraction of sp³-hybridized carbons (Fsp3) is 0.233. The van der Waals surface area contributed by atoms with E-state index < -0.39 is 11.9 Å². The molecule has 1 atom stereocenters. The van der Waals surface area contributed by atoms with Crippen molar-refractivity contribution in [2.75, 3.05) is 11.5 Å². The summed E-state index contributed by atoms with van der Waals surface area (Å²) >= 11 is 6.18. The van der Waals surface area contributed by atoms with Crippen LogP contribution in [0.4, 0.5) is 5.69 Å². The van der Waals surface area contributed by atoms with E-state index in [0.717, 1.165) is 6.42 Å². The van der Waals surface area contributed by atoms with Crippen molar-refractivity contribution >= 4 is 39.9 Å². The quantitative estimate of drug-likeness (QED) is 0.252. The zero-order valence-corrected chi connectivity index (χ0v) is 21.5. The number of ketones is 1. The molecule has 7 heteroatoms. The summed E-state index contributed by atoms with van der Waals surface area (Å²) in [6.07, 6.45) is 0.903. The number of anilines is 1. The minimum absolute atomic E-state index is 0.00778. The third kappa shape index (κ3) is 4.65. The van der Waals surface area contributed by atoms with Crippen molar-refractivity contribution in [2.45, 2.75) is 33.2 Å². The number of rotatable bonds is 7. The summed E-state index contributed by atoms with van der Waals surface area (Å²) in [5.41, 5.74) is 2.00. The lowest BCUT2D eigenvalue weighted by atomic mass is 9.98. The Bertz CT molecular complexity index is 1570. The van der Waals surface area contributed by atoms with Crippen LogP contribution in [0.15, 0.2) is 75.9 Å². The molecule has 1 aliphatic rings. The highest BCUT2D eigenvalue weighted by molar-refractivity contribution is 6.31. The van der Waals surface area contributed by atoms with Gasteiger partial charge in [-0.15, -0.1) is 0 Å². The summed E-state index contributed by atoms with van der Waals surface area (Å²) in [5.74, 6) is 0.632. The summed E-state index contributed by atoms with van der Waals surface area (Å²) in [6, 6.07) is 18.2. The van der Waals surface area contributed by atoms with Crippen molar-refractivity contribution in [3.8, 4) is 5.75 Å². The second-order valence-corrected chi connectivity index (χ2v) is 10.0.